The summed E-state index contributed by atoms with van der Waals surface area (Å²) in [6.45, 7) is 1.14. The summed E-state index contributed by atoms with van der Waals surface area (Å²) < 4.78 is 0. The van der Waals surface area contributed by atoms with Gasteiger partial charge in [0.2, 0.25) is 11.8 Å². The standard InChI is InChI=1S/C26H26N2O2/c29-25(27-23-16-8-3-9-17-23)22-15-10-18-28(19-22)26(30)24(20-11-4-1-5-12-20)21-13-6-2-7-14-21/h1-9,11-14,16-17,22,24H,10,15,18-19H2,(H,27,29). The van der Waals surface area contributed by atoms with E-state index in [1.54, 1.807) is 0 Å². The predicted molar refractivity (Wildman–Crippen MR) is 119 cm³/mol. The summed E-state index contributed by atoms with van der Waals surface area (Å²) in [4.78, 5) is 28.3. The van der Waals surface area contributed by atoms with E-state index < -0.39 is 0 Å². The number of piperidine rings is 1. The van der Waals surface area contributed by atoms with Crippen LogP contribution in [0.5, 0.6) is 0 Å². The molecule has 1 atom stereocenters. The van der Waals surface area contributed by atoms with Gasteiger partial charge in [0.1, 0.15) is 0 Å². The van der Waals surface area contributed by atoms with Crippen LogP contribution in [-0.2, 0) is 9.59 Å². The zero-order valence-electron chi connectivity index (χ0n) is 16.9. The summed E-state index contributed by atoms with van der Waals surface area (Å²) in [5, 5.41) is 2.99. The first-order valence-corrected chi connectivity index (χ1v) is 10.5. The molecule has 152 valence electrons. The number of amides is 2. The molecular formula is C26H26N2O2. The fraction of sp³-hybridized carbons (Fsp3) is 0.231. The van der Waals surface area contributed by atoms with E-state index in [0.29, 0.717) is 13.1 Å². The maximum atomic E-state index is 13.6. The lowest BCUT2D eigenvalue weighted by atomic mass is 9.88. The minimum atomic E-state index is -0.358. The molecular weight excluding hydrogens is 372 g/mol. The molecule has 30 heavy (non-hydrogen) atoms. The molecule has 4 heteroatoms. The summed E-state index contributed by atoms with van der Waals surface area (Å²) in [6.07, 6.45) is 1.62. The number of para-hydroxylation sites is 1. The van der Waals surface area contributed by atoms with E-state index in [1.165, 1.54) is 0 Å². The first kappa shape index (κ1) is 19.9. The van der Waals surface area contributed by atoms with Gasteiger partial charge in [-0.1, -0.05) is 78.9 Å². The molecule has 1 unspecified atom stereocenters. The number of hydrogen-bond acceptors (Lipinski definition) is 2. The van der Waals surface area contributed by atoms with Gasteiger partial charge in [0.15, 0.2) is 0 Å². The van der Waals surface area contributed by atoms with Crippen molar-refractivity contribution >= 4 is 17.5 Å². The Labute approximate surface area is 177 Å². The van der Waals surface area contributed by atoms with Crippen LogP contribution in [0, 0.1) is 5.92 Å². The Hall–Kier alpha value is -3.40. The van der Waals surface area contributed by atoms with Crippen LogP contribution in [0.3, 0.4) is 0 Å². The predicted octanol–water partition coefficient (Wildman–Crippen LogP) is 4.70. The molecule has 0 bridgehead atoms. The third-order valence-electron chi connectivity index (χ3n) is 5.66. The number of benzene rings is 3. The highest BCUT2D eigenvalue weighted by Gasteiger charge is 2.33. The van der Waals surface area contributed by atoms with E-state index in [0.717, 1.165) is 29.7 Å². The Kier molecular flexibility index (Phi) is 6.23. The average molecular weight is 399 g/mol. The van der Waals surface area contributed by atoms with Gasteiger partial charge >= 0.3 is 0 Å². The topological polar surface area (TPSA) is 49.4 Å². The van der Waals surface area contributed by atoms with Crippen LogP contribution in [-0.4, -0.2) is 29.8 Å². The first-order chi connectivity index (χ1) is 14.7. The van der Waals surface area contributed by atoms with Gasteiger partial charge in [-0.3, -0.25) is 9.59 Å². The maximum Gasteiger partial charge on any atom is 0.234 e. The fourth-order valence-corrected chi connectivity index (χ4v) is 4.11. The molecule has 1 saturated heterocycles. The van der Waals surface area contributed by atoms with Crippen molar-refractivity contribution in [2.45, 2.75) is 18.8 Å². The number of rotatable bonds is 5. The lowest BCUT2D eigenvalue weighted by Gasteiger charge is -2.34. The van der Waals surface area contributed by atoms with E-state index in [9.17, 15) is 9.59 Å². The van der Waals surface area contributed by atoms with E-state index in [2.05, 4.69) is 5.32 Å². The molecule has 2 amide bonds. The van der Waals surface area contributed by atoms with Crippen molar-refractivity contribution in [3.8, 4) is 0 Å². The maximum absolute atomic E-state index is 13.6. The smallest absolute Gasteiger partial charge is 0.234 e. The summed E-state index contributed by atoms with van der Waals surface area (Å²) in [5.41, 5.74) is 2.74. The first-order valence-electron chi connectivity index (χ1n) is 10.5. The molecule has 4 rings (SSSR count). The Morgan fingerprint density at radius 2 is 1.33 bits per heavy atom. The summed E-state index contributed by atoms with van der Waals surface area (Å²) in [6, 6.07) is 29.2. The zero-order chi connectivity index (χ0) is 20.8. The van der Waals surface area contributed by atoms with E-state index in [-0.39, 0.29) is 23.7 Å². The number of nitrogens with zero attached hydrogens (tertiary/aromatic N) is 1. The molecule has 0 saturated carbocycles. The van der Waals surface area contributed by atoms with Gasteiger partial charge in [0.25, 0.3) is 0 Å². The molecule has 0 aliphatic carbocycles. The molecule has 1 N–H and O–H groups in total. The van der Waals surface area contributed by atoms with Gasteiger partial charge in [0.05, 0.1) is 11.8 Å². The van der Waals surface area contributed by atoms with Crippen molar-refractivity contribution in [1.29, 1.82) is 0 Å². The van der Waals surface area contributed by atoms with E-state index in [4.69, 9.17) is 0 Å². The lowest BCUT2D eigenvalue weighted by Crippen LogP contribution is -2.45. The molecule has 0 radical (unpaired) electrons. The van der Waals surface area contributed by atoms with Crippen LogP contribution < -0.4 is 5.32 Å². The van der Waals surface area contributed by atoms with Crippen LogP contribution in [0.2, 0.25) is 0 Å². The van der Waals surface area contributed by atoms with Gasteiger partial charge in [-0.05, 0) is 36.1 Å². The molecule has 0 aromatic heterocycles. The number of carbonyl (C=O) groups excluding carboxylic acids is 2. The van der Waals surface area contributed by atoms with Crippen molar-refractivity contribution in [3.63, 3.8) is 0 Å². The van der Waals surface area contributed by atoms with Crippen molar-refractivity contribution in [2.75, 3.05) is 18.4 Å². The van der Waals surface area contributed by atoms with Crippen molar-refractivity contribution < 1.29 is 9.59 Å². The molecule has 1 heterocycles. The molecule has 4 nitrogen and oxygen atoms in total. The van der Waals surface area contributed by atoms with Gasteiger partial charge in [-0.25, -0.2) is 0 Å². The van der Waals surface area contributed by atoms with E-state index in [1.807, 2.05) is 95.9 Å². The second kappa shape index (κ2) is 9.40. The quantitative estimate of drug-likeness (QED) is 0.677. The van der Waals surface area contributed by atoms with Gasteiger partial charge in [-0.15, -0.1) is 0 Å². The van der Waals surface area contributed by atoms with Crippen molar-refractivity contribution in [2.24, 2.45) is 5.92 Å². The Morgan fingerprint density at radius 3 is 1.90 bits per heavy atom. The van der Waals surface area contributed by atoms with Gasteiger partial charge in [0, 0.05) is 18.8 Å². The lowest BCUT2D eigenvalue weighted by molar-refractivity contribution is -0.135. The molecule has 0 spiro atoms. The van der Waals surface area contributed by atoms with Crippen LogP contribution in [0.4, 0.5) is 5.69 Å². The second-order valence-corrected chi connectivity index (χ2v) is 7.73. The number of carbonyl (C=O) groups is 2. The van der Waals surface area contributed by atoms with Crippen LogP contribution in [0.1, 0.15) is 29.9 Å². The molecule has 1 aliphatic heterocycles. The number of anilines is 1. The van der Waals surface area contributed by atoms with Crippen LogP contribution >= 0.6 is 0 Å². The second-order valence-electron chi connectivity index (χ2n) is 7.73. The SMILES string of the molecule is O=C(Nc1ccccc1)C1CCCN(C(=O)C(c2ccccc2)c2ccccc2)C1. The largest absolute Gasteiger partial charge is 0.341 e. The highest BCUT2D eigenvalue weighted by molar-refractivity contribution is 5.93. The Balaban J connectivity index is 1.52. The molecule has 3 aromatic carbocycles. The molecule has 3 aromatic rings. The Morgan fingerprint density at radius 1 is 0.800 bits per heavy atom. The summed E-state index contributed by atoms with van der Waals surface area (Å²) >= 11 is 0. The minimum Gasteiger partial charge on any atom is -0.341 e. The van der Waals surface area contributed by atoms with Crippen LogP contribution in [0.15, 0.2) is 91.0 Å². The normalized spacial score (nSPS) is 16.3. The molecule has 1 aliphatic rings. The molecule has 1 fully saturated rings. The highest BCUT2D eigenvalue weighted by atomic mass is 16.2. The van der Waals surface area contributed by atoms with Gasteiger partial charge < -0.3 is 10.2 Å². The zero-order valence-corrected chi connectivity index (χ0v) is 16.9. The minimum absolute atomic E-state index is 0.0188. The van der Waals surface area contributed by atoms with Crippen molar-refractivity contribution in [1.82, 2.24) is 4.90 Å². The third-order valence-corrected chi connectivity index (χ3v) is 5.66. The Bertz CT molecular complexity index is 934. The monoisotopic (exact) mass is 398 g/mol. The number of nitrogens with one attached hydrogen (secondary N) is 1. The highest BCUT2D eigenvalue weighted by Crippen LogP contribution is 2.29. The van der Waals surface area contributed by atoms with E-state index >= 15 is 0 Å². The summed E-state index contributed by atoms with van der Waals surface area (Å²) in [7, 11) is 0. The third kappa shape index (κ3) is 4.60. The number of hydrogen-bond donors (Lipinski definition) is 1. The fourth-order valence-electron chi connectivity index (χ4n) is 4.11. The van der Waals surface area contributed by atoms with Gasteiger partial charge in [-0.2, -0.15) is 0 Å². The van der Waals surface area contributed by atoms with Crippen molar-refractivity contribution in [3.05, 3.63) is 102 Å². The summed E-state index contributed by atoms with van der Waals surface area (Å²) in [5.74, 6) is -0.516. The van der Waals surface area contributed by atoms with Crippen LogP contribution in [0.25, 0.3) is 0 Å². The average Bonchev–Trinajstić information content (AvgIpc) is 2.81. The number of likely N-dealkylation sites (tertiary alicyclic amines) is 1.